The molecule has 162 valence electrons. The van der Waals surface area contributed by atoms with Crippen LogP contribution >= 0.6 is 0 Å². The quantitative estimate of drug-likeness (QED) is 0.588. The zero-order valence-corrected chi connectivity index (χ0v) is 18.1. The summed E-state index contributed by atoms with van der Waals surface area (Å²) < 4.78 is 14.2. The van der Waals surface area contributed by atoms with Gasteiger partial charge >= 0.3 is 0 Å². The van der Waals surface area contributed by atoms with E-state index in [-0.39, 0.29) is 18.2 Å². The molecule has 0 spiro atoms. The van der Waals surface area contributed by atoms with Crippen molar-refractivity contribution in [1.29, 1.82) is 0 Å². The van der Waals surface area contributed by atoms with Gasteiger partial charge in [0.15, 0.2) is 0 Å². The van der Waals surface area contributed by atoms with Crippen molar-refractivity contribution < 1.29 is 14.0 Å². The molecular weight excluding hydrogens is 393 g/mol. The maximum absolute atomic E-state index is 14.2. The highest BCUT2D eigenvalue weighted by atomic mass is 19.1. The van der Waals surface area contributed by atoms with Gasteiger partial charge in [0.1, 0.15) is 11.9 Å². The van der Waals surface area contributed by atoms with Gasteiger partial charge < -0.3 is 15.5 Å². The van der Waals surface area contributed by atoms with Gasteiger partial charge in [0.2, 0.25) is 11.8 Å². The van der Waals surface area contributed by atoms with Crippen molar-refractivity contribution in [3.05, 3.63) is 83.7 Å². The summed E-state index contributed by atoms with van der Waals surface area (Å²) >= 11 is 0. The number of benzene rings is 3. The number of hydrogen-bond acceptors (Lipinski definition) is 3. The Labute approximate surface area is 182 Å². The van der Waals surface area contributed by atoms with Crippen LogP contribution in [0.25, 0.3) is 10.8 Å². The second-order valence-electron chi connectivity index (χ2n) is 7.60. The van der Waals surface area contributed by atoms with Gasteiger partial charge in [0.05, 0.1) is 6.04 Å². The molecule has 0 radical (unpaired) electrons. The molecule has 0 saturated carbocycles. The molecule has 2 N–H and O–H groups in total. The summed E-state index contributed by atoms with van der Waals surface area (Å²) in [7, 11) is 4.83. The molecular formula is C25H28FN3O2. The van der Waals surface area contributed by atoms with Crippen LogP contribution in [0.3, 0.4) is 0 Å². The molecule has 0 aliphatic heterocycles. The van der Waals surface area contributed by atoms with Crippen molar-refractivity contribution >= 4 is 22.6 Å². The first-order valence-electron chi connectivity index (χ1n) is 10.3. The lowest BCUT2D eigenvalue weighted by molar-refractivity contribution is -0.140. The summed E-state index contributed by atoms with van der Waals surface area (Å²) in [6.07, 6.45) is 0.575. The molecule has 0 aliphatic carbocycles. The summed E-state index contributed by atoms with van der Waals surface area (Å²) in [5.41, 5.74) is 1.41. The third kappa shape index (κ3) is 5.27. The molecule has 2 atom stereocenters. The molecule has 0 aromatic heterocycles. The van der Waals surface area contributed by atoms with Gasteiger partial charge in [0.25, 0.3) is 0 Å². The number of nitrogens with zero attached hydrogens (tertiary/aromatic N) is 1. The Morgan fingerprint density at radius 1 is 0.935 bits per heavy atom. The summed E-state index contributed by atoms with van der Waals surface area (Å²) in [6, 6.07) is 19.2. The number of likely N-dealkylation sites (N-methyl/N-ethyl adjacent to an activating group) is 3. The lowest BCUT2D eigenvalue weighted by Crippen LogP contribution is -2.54. The van der Waals surface area contributed by atoms with E-state index in [9.17, 15) is 14.0 Å². The van der Waals surface area contributed by atoms with Gasteiger partial charge in [-0.25, -0.2) is 4.39 Å². The van der Waals surface area contributed by atoms with E-state index in [1.807, 2.05) is 36.4 Å². The first kappa shape index (κ1) is 22.4. The van der Waals surface area contributed by atoms with Crippen LogP contribution < -0.4 is 10.6 Å². The van der Waals surface area contributed by atoms with Crippen LogP contribution in [0.4, 0.5) is 4.39 Å². The van der Waals surface area contributed by atoms with Crippen LogP contribution in [0.5, 0.6) is 0 Å². The molecule has 3 aromatic carbocycles. The van der Waals surface area contributed by atoms with E-state index in [1.54, 1.807) is 32.3 Å². The maximum Gasteiger partial charge on any atom is 0.242 e. The van der Waals surface area contributed by atoms with Crippen LogP contribution in [0.1, 0.15) is 11.1 Å². The second-order valence-corrected chi connectivity index (χ2v) is 7.60. The standard InChI is InChI=1S/C25H28FN3O2/c1-27-22(15-17-12-13-18-8-4-5-9-19(18)14-17)25(31)29(3)23(24(30)28-2)16-20-10-6-7-11-21(20)26/h4-14,22-23,27H,15-16H2,1-3H3,(H,28,30). The second kappa shape index (κ2) is 10.2. The molecule has 0 aliphatic rings. The Morgan fingerprint density at radius 2 is 1.61 bits per heavy atom. The van der Waals surface area contributed by atoms with Crippen LogP contribution in [0.15, 0.2) is 66.7 Å². The zero-order valence-electron chi connectivity index (χ0n) is 18.1. The summed E-state index contributed by atoms with van der Waals surface area (Å²) in [5, 5.41) is 7.91. The first-order valence-corrected chi connectivity index (χ1v) is 10.3. The SMILES string of the molecule is CNC(=O)C(Cc1ccccc1F)N(C)C(=O)C(Cc1ccc2ccccc2c1)NC. The summed E-state index contributed by atoms with van der Waals surface area (Å²) in [5.74, 6) is -0.946. The molecule has 31 heavy (non-hydrogen) atoms. The van der Waals surface area contributed by atoms with Crippen molar-refractivity contribution in [2.75, 3.05) is 21.1 Å². The van der Waals surface area contributed by atoms with E-state index in [2.05, 4.69) is 16.7 Å². The fourth-order valence-electron chi connectivity index (χ4n) is 3.76. The molecule has 0 heterocycles. The molecule has 3 aromatic rings. The number of hydrogen-bond donors (Lipinski definition) is 2. The van der Waals surface area contributed by atoms with Crippen LogP contribution in [0, 0.1) is 5.82 Å². The lowest BCUT2D eigenvalue weighted by Gasteiger charge is -2.30. The van der Waals surface area contributed by atoms with Crippen molar-refractivity contribution in [2.24, 2.45) is 0 Å². The number of carbonyl (C=O) groups is 2. The van der Waals surface area contributed by atoms with E-state index in [4.69, 9.17) is 0 Å². The number of carbonyl (C=O) groups excluding carboxylic acids is 2. The van der Waals surface area contributed by atoms with Gasteiger partial charge in [-0.3, -0.25) is 9.59 Å². The smallest absolute Gasteiger partial charge is 0.242 e. The molecule has 2 amide bonds. The Kier molecular flexibility index (Phi) is 7.36. The fraction of sp³-hybridized carbons (Fsp3) is 0.280. The Morgan fingerprint density at radius 3 is 2.29 bits per heavy atom. The monoisotopic (exact) mass is 421 g/mol. The van der Waals surface area contributed by atoms with E-state index in [0.717, 1.165) is 16.3 Å². The zero-order chi connectivity index (χ0) is 22.4. The highest BCUT2D eigenvalue weighted by molar-refractivity contribution is 5.90. The predicted octanol–water partition coefficient (Wildman–Crippen LogP) is 2.93. The summed E-state index contributed by atoms with van der Waals surface area (Å²) in [6.45, 7) is 0. The molecule has 5 nitrogen and oxygen atoms in total. The minimum absolute atomic E-state index is 0.0982. The van der Waals surface area contributed by atoms with Gasteiger partial charge in [-0.1, -0.05) is 60.7 Å². The van der Waals surface area contributed by atoms with E-state index >= 15 is 0 Å². The average molecular weight is 422 g/mol. The summed E-state index contributed by atoms with van der Waals surface area (Å²) in [4.78, 5) is 27.2. The van der Waals surface area contributed by atoms with Crippen molar-refractivity contribution in [3.63, 3.8) is 0 Å². The van der Waals surface area contributed by atoms with Gasteiger partial charge in [-0.2, -0.15) is 0 Å². The number of halogens is 1. The molecule has 6 heteroatoms. The fourth-order valence-corrected chi connectivity index (χ4v) is 3.76. The minimum Gasteiger partial charge on any atom is -0.357 e. The number of fused-ring (bicyclic) bond motifs is 1. The van der Waals surface area contributed by atoms with Crippen molar-refractivity contribution in [3.8, 4) is 0 Å². The minimum atomic E-state index is -0.818. The highest BCUT2D eigenvalue weighted by Crippen LogP contribution is 2.18. The van der Waals surface area contributed by atoms with E-state index < -0.39 is 17.9 Å². The Bertz CT molecular complexity index is 1070. The largest absolute Gasteiger partial charge is 0.357 e. The predicted molar refractivity (Wildman–Crippen MR) is 121 cm³/mol. The first-order chi connectivity index (χ1) is 14.9. The number of amides is 2. The van der Waals surface area contributed by atoms with Crippen molar-refractivity contribution in [1.82, 2.24) is 15.5 Å². The van der Waals surface area contributed by atoms with Gasteiger partial charge in [-0.05, 0) is 41.4 Å². The van der Waals surface area contributed by atoms with Gasteiger partial charge in [0, 0.05) is 20.5 Å². The third-order valence-corrected chi connectivity index (χ3v) is 5.64. The number of rotatable bonds is 8. The van der Waals surface area contributed by atoms with Crippen LogP contribution in [-0.4, -0.2) is 49.9 Å². The average Bonchev–Trinajstić information content (AvgIpc) is 2.80. The van der Waals surface area contributed by atoms with E-state index in [0.29, 0.717) is 12.0 Å². The van der Waals surface area contributed by atoms with Gasteiger partial charge in [-0.15, -0.1) is 0 Å². The maximum atomic E-state index is 14.2. The lowest BCUT2D eigenvalue weighted by atomic mass is 9.99. The molecule has 0 fully saturated rings. The van der Waals surface area contributed by atoms with Crippen LogP contribution in [0.2, 0.25) is 0 Å². The highest BCUT2D eigenvalue weighted by Gasteiger charge is 2.31. The molecule has 2 unspecified atom stereocenters. The normalized spacial score (nSPS) is 12.9. The van der Waals surface area contributed by atoms with Crippen molar-refractivity contribution in [2.45, 2.75) is 24.9 Å². The molecule has 0 bridgehead atoms. The Balaban J connectivity index is 1.80. The third-order valence-electron chi connectivity index (χ3n) is 5.64. The van der Waals surface area contributed by atoms with E-state index in [1.165, 1.54) is 18.0 Å². The number of nitrogens with one attached hydrogen (secondary N) is 2. The topological polar surface area (TPSA) is 61.4 Å². The molecule has 0 saturated heterocycles. The Hall–Kier alpha value is -3.25. The van der Waals surface area contributed by atoms with Crippen LogP contribution in [-0.2, 0) is 22.4 Å². The molecule has 3 rings (SSSR count).